The van der Waals surface area contributed by atoms with E-state index in [1.54, 1.807) is 6.08 Å². The minimum Gasteiger partial charge on any atom is -0.656 e. The third-order valence-electron chi connectivity index (χ3n) is 3.70. The van der Waals surface area contributed by atoms with Crippen LogP contribution in [-0.2, 0) is 10.2 Å². The molecule has 3 aromatic carbocycles. The van der Waals surface area contributed by atoms with Crippen LogP contribution in [0.15, 0.2) is 84.6 Å². The molecule has 0 heterocycles. The third kappa shape index (κ3) is 3.90. The molecule has 0 amide bonds. The Labute approximate surface area is 144 Å². The summed E-state index contributed by atoms with van der Waals surface area (Å²) >= 11 is 2.22. The minimum absolute atomic E-state index is 0.0517. The Bertz CT molecular complexity index is 854. The standard InChI is InChI=1S/C20H16O2.Al/c21-19(12-15-6-2-1-3-7-15)14-20(22)18-11-10-16-8-4-5-9-17(16)13-18;/h1-11,13-14,21H,12H2;/q;+1/p-1/b19-14-;. The van der Waals surface area contributed by atoms with Crippen LogP contribution in [0.25, 0.3) is 10.8 Å². The summed E-state index contributed by atoms with van der Waals surface area (Å²) in [5.74, 6) is 0.573. The molecule has 3 heteroatoms. The molecule has 0 unspecified atom stereocenters. The second-order valence-corrected chi connectivity index (χ2v) is 5.55. The fourth-order valence-electron chi connectivity index (χ4n) is 2.50. The second-order valence-electron chi connectivity index (χ2n) is 5.32. The van der Waals surface area contributed by atoms with Crippen molar-refractivity contribution >= 4 is 33.2 Å². The van der Waals surface area contributed by atoms with Crippen LogP contribution in [0.4, 0.5) is 0 Å². The first-order chi connectivity index (χ1) is 11.3. The van der Waals surface area contributed by atoms with Gasteiger partial charge in [-0.05, 0) is 22.4 Å². The summed E-state index contributed by atoms with van der Waals surface area (Å²) in [6.07, 6.45) is 2.15. The highest BCUT2D eigenvalue weighted by molar-refractivity contribution is 6.07. The van der Waals surface area contributed by atoms with E-state index in [0.29, 0.717) is 17.7 Å². The van der Waals surface area contributed by atoms with Gasteiger partial charge < -0.3 is 3.79 Å². The number of allylic oxidation sites excluding steroid dienone is 2. The number of hydrogen-bond donors (Lipinski definition) is 0. The fourth-order valence-corrected chi connectivity index (χ4v) is 2.65. The molecule has 0 spiro atoms. The Morgan fingerprint density at radius 3 is 2.35 bits per heavy atom. The summed E-state index contributed by atoms with van der Waals surface area (Å²) in [4.78, 5) is 12.5. The lowest BCUT2D eigenvalue weighted by Crippen LogP contribution is -2.01. The van der Waals surface area contributed by atoms with Gasteiger partial charge in [0.1, 0.15) is 0 Å². The van der Waals surface area contributed by atoms with Gasteiger partial charge in [-0.15, -0.1) is 0 Å². The molecule has 0 aromatic heterocycles. The molecule has 3 aromatic rings. The van der Waals surface area contributed by atoms with Crippen molar-refractivity contribution in [1.82, 2.24) is 0 Å². The van der Waals surface area contributed by atoms with Crippen molar-refractivity contribution < 1.29 is 8.58 Å². The van der Waals surface area contributed by atoms with Crippen molar-refractivity contribution in [2.24, 2.45) is 0 Å². The van der Waals surface area contributed by atoms with E-state index in [1.165, 1.54) is 0 Å². The average Bonchev–Trinajstić information content (AvgIpc) is 2.61. The Morgan fingerprint density at radius 1 is 0.913 bits per heavy atom. The number of ketones is 1. The molecule has 23 heavy (non-hydrogen) atoms. The largest absolute Gasteiger partial charge is 0.656 e. The van der Waals surface area contributed by atoms with E-state index in [2.05, 4.69) is 16.6 Å². The highest BCUT2D eigenvalue weighted by Gasteiger charge is 2.07. The smallest absolute Gasteiger partial charge is 0.481 e. The molecule has 0 saturated heterocycles. The van der Waals surface area contributed by atoms with Crippen molar-refractivity contribution in [3.05, 3.63) is 95.8 Å². The number of fused-ring (bicyclic) bond motifs is 1. The van der Waals surface area contributed by atoms with Crippen molar-refractivity contribution in [2.75, 3.05) is 0 Å². The molecule has 2 nitrogen and oxygen atoms in total. The zero-order valence-corrected chi connectivity index (χ0v) is 13.8. The predicted molar refractivity (Wildman–Crippen MR) is 93.3 cm³/mol. The molecule has 0 aliphatic carbocycles. The number of hydrogen-bond acceptors (Lipinski definition) is 2. The molecule has 0 bridgehead atoms. The van der Waals surface area contributed by atoms with Crippen molar-refractivity contribution in [1.29, 1.82) is 0 Å². The summed E-state index contributed by atoms with van der Waals surface area (Å²) in [6.45, 7) is 0. The lowest BCUT2D eigenvalue weighted by molar-refractivity contribution is 0.104. The molecule has 0 N–H and O–H groups in total. The summed E-state index contributed by atoms with van der Waals surface area (Å²) in [6, 6.07) is 23.7. The molecular weight excluding hydrogens is 299 g/mol. The van der Waals surface area contributed by atoms with E-state index in [4.69, 9.17) is 3.79 Å². The van der Waals surface area contributed by atoms with Crippen molar-refractivity contribution in [3.8, 4) is 0 Å². The zero-order chi connectivity index (χ0) is 16.1. The van der Waals surface area contributed by atoms with Crippen molar-refractivity contribution in [3.63, 3.8) is 0 Å². The van der Waals surface area contributed by atoms with E-state index in [-0.39, 0.29) is 5.78 Å². The van der Waals surface area contributed by atoms with E-state index < -0.39 is 0 Å². The maximum absolute atomic E-state index is 12.5. The molecule has 0 atom stereocenters. The molecular formula is C20H15AlO2. The van der Waals surface area contributed by atoms with Gasteiger partial charge in [-0.25, -0.2) is 0 Å². The van der Waals surface area contributed by atoms with Gasteiger partial charge in [0.25, 0.3) is 0 Å². The summed E-state index contributed by atoms with van der Waals surface area (Å²) in [5.41, 5.74) is 1.77. The molecule has 0 aliphatic heterocycles. The van der Waals surface area contributed by atoms with Gasteiger partial charge in [0.05, 0.1) is 5.76 Å². The number of carbonyl (C=O) groups excluding carboxylic acids is 1. The summed E-state index contributed by atoms with van der Waals surface area (Å²) in [7, 11) is 0. The zero-order valence-electron chi connectivity index (χ0n) is 12.6. The number of carbonyl (C=O) groups is 1. The Kier molecular flexibility index (Phi) is 4.93. The van der Waals surface area contributed by atoms with Crippen LogP contribution in [0.3, 0.4) is 0 Å². The van der Waals surface area contributed by atoms with E-state index in [1.807, 2.05) is 72.8 Å². The monoisotopic (exact) mass is 314 g/mol. The van der Waals surface area contributed by atoms with Gasteiger partial charge in [-0.1, -0.05) is 66.7 Å². The van der Waals surface area contributed by atoms with Crippen LogP contribution >= 0.6 is 0 Å². The normalized spacial score (nSPS) is 11.4. The molecule has 0 saturated carbocycles. The Morgan fingerprint density at radius 2 is 1.61 bits per heavy atom. The maximum atomic E-state index is 12.5. The van der Waals surface area contributed by atoms with Gasteiger partial charge in [-0.3, -0.25) is 4.79 Å². The second kappa shape index (κ2) is 7.28. The molecule has 0 aliphatic rings. The van der Waals surface area contributed by atoms with Gasteiger partial charge in [0.15, 0.2) is 5.78 Å². The first-order valence-corrected chi connectivity index (χ1v) is 7.88. The van der Waals surface area contributed by atoms with E-state index >= 15 is 0 Å². The first kappa shape index (κ1) is 15.6. The highest BCUT2D eigenvalue weighted by atomic mass is 27.1. The van der Waals surface area contributed by atoms with Crippen LogP contribution in [0.2, 0.25) is 0 Å². The van der Waals surface area contributed by atoms with Gasteiger partial charge >= 0.3 is 16.6 Å². The summed E-state index contributed by atoms with van der Waals surface area (Å²) in [5, 5.41) is 2.18. The molecule has 110 valence electrons. The third-order valence-corrected chi connectivity index (χ3v) is 4.00. The topological polar surface area (TPSA) is 26.3 Å². The fraction of sp³-hybridized carbons (Fsp3) is 0.0500. The predicted octanol–water partition coefficient (Wildman–Crippen LogP) is 4.25. The van der Waals surface area contributed by atoms with Gasteiger partial charge in [-0.2, -0.15) is 0 Å². The minimum atomic E-state index is -0.0517. The van der Waals surface area contributed by atoms with Crippen LogP contribution < -0.4 is 0 Å². The van der Waals surface area contributed by atoms with E-state index in [9.17, 15) is 4.79 Å². The average molecular weight is 314 g/mol. The Hall–Kier alpha value is -2.34. The Balaban J connectivity index is 1.84. The van der Waals surface area contributed by atoms with Crippen LogP contribution in [0.1, 0.15) is 15.9 Å². The number of rotatable bonds is 5. The van der Waals surface area contributed by atoms with Crippen LogP contribution in [0.5, 0.6) is 0 Å². The summed E-state index contributed by atoms with van der Waals surface area (Å²) < 4.78 is 5.29. The van der Waals surface area contributed by atoms with Crippen LogP contribution in [-0.4, -0.2) is 22.4 Å². The quantitative estimate of drug-likeness (QED) is 0.305. The van der Waals surface area contributed by atoms with Crippen LogP contribution in [0, 0.1) is 0 Å². The molecule has 2 radical (unpaired) electrons. The number of benzene rings is 3. The first-order valence-electron chi connectivity index (χ1n) is 7.40. The SMILES string of the molecule is O=C(/C=C(/Cc1ccccc1)[O][Al])c1ccc2ccccc2c1. The van der Waals surface area contributed by atoms with Gasteiger partial charge in [0.2, 0.25) is 0 Å². The van der Waals surface area contributed by atoms with E-state index in [0.717, 1.165) is 16.3 Å². The molecule has 3 rings (SSSR count). The van der Waals surface area contributed by atoms with Crippen molar-refractivity contribution in [2.45, 2.75) is 6.42 Å². The highest BCUT2D eigenvalue weighted by Crippen LogP contribution is 2.17. The molecule has 0 fully saturated rings. The lowest BCUT2D eigenvalue weighted by Gasteiger charge is -2.09. The lowest BCUT2D eigenvalue weighted by atomic mass is 10.0. The maximum Gasteiger partial charge on any atom is 0.481 e. The van der Waals surface area contributed by atoms with Gasteiger partial charge in [0, 0.05) is 18.1 Å².